The maximum Gasteiger partial charge on any atom is 0.329 e. The number of carbonyl (C=O) groups excluding carboxylic acids is 3. The molecule has 0 spiro atoms. The molecule has 2 aromatic carbocycles. The summed E-state index contributed by atoms with van der Waals surface area (Å²) in [7, 11) is 0. The topological polar surface area (TPSA) is 91.7 Å². The van der Waals surface area contributed by atoms with Gasteiger partial charge in [-0.3, -0.25) is 9.59 Å². The van der Waals surface area contributed by atoms with Crippen molar-refractivity contribution in [2.75, 3.05) is 11.9 Å². The monoisotopic (exact) mass is 401 g/mol. The molecule has 0 saturated carbocycles. The van der Waals surface area contributed by atoms with E-state index in [4.69, 9.17) is 4.42 Å². The third kappa shape index (κ3) is 4.15. The number of urea groups is 1. The van der Waals surface area contributed by atoms with Crippen molar-refractivity contribution in [1.29, 1.82) is 0 Å². The molecule has 1 aromatic heterocycles. The fourth-order valence-electron chi connectivity index (χ4n) is 3.11. The van der Waals surface area contributed by atoms with Crippen LogP contribution in [-0.2, 0) is 9.59 Å². The van der Waals surface area contributed by atoms with Crippen molar-refractivity contribution in [3.63, 3.8) is 0 Å². The lowest BCUT2D eigenvalue weighted by atomic mass is 10.2. The Bertz CT molecular complexity index is 1150. The molecule has 30 heavy (non-hydrogen) atoms. The van der Waals surface area contributed by atoms with E-state index in [1.165, 1.54) is 6.08 Å². The van der Waals surface area contributed by atoms with Gasteiger partial charge >= 0.3 is 6.03 Å². The molecule has 3 aromatic rings. The number of benzene rings is 2. The molecule has 1 fully saturated rings. The molecule has 150 valence electrons. The minimum atomic E-state index is -0.652. The highest BCUT2D eigenvalue weighted by molar-refractivity contribution is 6.15. The van der Waals surface area contributed by atoms with Crippen molar-refractivity contribution in [1.82, 2.24) is 10.2 Å². The van der Waals surface area contributed by atoms with Crippen LogP contribution in [0.5, 0.6) is 0 Å². The standard InChI is InChI=1S/C23H19N3O4/c1-15-6-5-9-17(12-15)24-21(27)14-26-22(28)19(25-23(26)29)13-18-10-11-20(30-18)16-7-3-2-4-8-16/h2-13H,14H2,1H3,(H,24,27)(H,25,29). The zero-order valence-corrected chi connectivity index (χ0v) is 16.2. The van der Waals surface area contributed by atoms with Gasteiger partial charge < -0.3 is 15.1 Å². The quantitative estimate of drug-likeness (QED) is 0.503. The number of anilines is 1. The van der Waals surface area contributed by atoms with E-state index < -0.39 is 17.8 Å². The number of hydrogen-bond acceptors (Lipinski definition) is 4. The Balaban J connectivity index is 1.45. The average Bonchev–Trinajstić information content (AvgIpc) is 3.29. The van der Waals surface area contributed by atoms with Gasteiger partial charge in [0.05, 0.1) is 0 Å². The normalized spacial score (nSPS) is 14.8. The Labute approximate surface area is 173 Å². The second-order valence-electron chi connectivity index (χ2n) is 6.87. The van der Waals surface area contributed by atoms with E-state index in [2.05, 4.69) is 10.6 Å². The first-order valence-corrected chi connectivity index (χ1v) is 9.36. The zero-order chi connectivity index (χ0) is 21.1. The molecule has 4 rings (SSSR count). The maximum atomic E-state index is 12.6. The lowest BCUT2D eigenvalue weighted by Crippen LogP contribution is -2.38. The number of imide groups is 1. The van der Waals surface area contributed by atoms with Crippen LogP contribution >= 0.6 is 0 Å². The number of nitrogens with one attached hydrogen (secondary N) is 2. The van der Waals surface area contributed by atoms with Gasteiger partial charge in [-0.15, -0.1) is 0 Å². The van der Waals surface area contributed by atoms with Crippen LogP contribution in [0.15, 0.2) is 76.8 Å². The van der Waals surface area contributed by atoms with E-state index in [9.17, 15) is 14.4 Å². The lowest BCUT2D eigenvalue weighted by Gasteiger charge is -2.12. The Morgan fingerprint density at radius 1 is 1.07 bits per heavy atom. The Hall–Kier alpha value is -4.13. The number of rotatable bonds is 5. The number of aryl methyl sites for hydroxylation is 1. The summed E-state index contributed by atoms with van der Waals surface area (Å²) in [6, 6.07) is 19.6. The maximum absolute atomic E-state index is 12.6. The first kappa shape index (κ1) is 19.2. The van der Waals surface area contributed by atoms with Gasteiger partial charge in [-0.2, -0.15) is 0 Å². The molecule has 0 aliphatic carbocycles. The van der Waals surface area contributed by atoms with Crippen LogP contribution in [0.2, 0.25) is 0 Å². The van der Waals surface area contributed by atoms with Crippen molar-refractivity contribution in [3.8, 4) is 11.3 Å². The van der Waals surface area contributed by atoms with E-state index in [0.29, 0.717) is 17.2 Å². The minimum absolute atomic E-state index is 0.0531. The first-order valence-electron chi connectivity index (χ1n) is 9.36. The van der Waals surface area contributed by atoms with Gasteiger partial charge in [0.2, 0.25) is 5.91 Å². The van der Waals surface area contributed by atoms with Crippen molar-refractivity contribution in [2.24, 2.45) is 0 Å². The number of hydrogen-bond donors (Lipinski definition) is 2. The van der Waals surface area contributed by atoms with Crippen LogP contribution in [0.4, 0.5) is 10.5 Å². The number of nitrogens with zero attached hydrogens (tertiary/aromatic N) is 1. The van der Waals surface area contributed by atoms with Gasteiger partial charge in [0.15, 0.2) is 0 Å². The summed E-state index contributed by atoms with van der Waals surface area (Å²) in [6.45, 7) is 1.52. The van der Waals surface area contributed by atoms with E-state index in [-0.39, 0.29) is 12.2 Å². The summed E-state index contributed by atoms with van der Waals surface area (Å²) >= 11 is 0. The Morgan fingerprint density at radius 3 is 2.63 bits per heavy atom. The van der Waals surface area contributed by atoms with E-state index in [1.807, 2.05) is 49.4 Å². The predicted molar refractivity (Wildman–Crippen MR) is 112 cm³/mol. The molecule has 2 heterocycles. The fourth-order valence-corrected chi connectivity index (χ4v) is 3.11. The summed E-state index contributed by atoms with van der Waals surface area (Å²) in [5, 5.41) is 5.17. The Morgan fingerprint density at radius 2 is 1.87 bits per heavy atom. The second-order valence-corrected chi connectivity index (χ2v) is 6.87. The largest absolute Gasteiger partial charge is 0.457 e. The van der Waals surface area contributed by atoms with Crippen LogP contribution < -0.4 is 10.6 Å². The predicted octanol–water partition coefficient (Wildman–Crippen LogP) is 3.79. The number of carbonyl (C=O) groups is 3. The van der Waals surface area contributed by atoms with Crippen LogP contribution in [0.1, 0.15) is 11.3 Å². The van der Waals surface area contributed by atoms with E-state index in [1.54, 1.807) is 24.3 Å². The number of furan rings is 1. The van der Waals surface area contributed by atoms with Gasteiger partial charge in [0.1, 0.15) is 23.8 Å². The van der Waals surface area contributed by atoms with Crippen LogP contribution in [0, 0.1) is 6.92 Å². The average molecular weight is 401 g/mol. The smallest absolute Gasteiger partial charge is 0.329 e. The molecular formula is C23H19N3O4. The summed E-state index contributed by atoms with van der Waals surface area (Å²) in [6.07, 6.45) is 1.45. The molecule has 2 N–H and O–H groups in total. The van der Waals surface area contributed by atoms with Gasteiger partial charge in [-0.05, 0) is 36.8 Å². The molecule has 0 unspecified atom stereocenters. The third-order valence-electron chi connectivity index (χ3n) is 4.54. The van der Waals surface area contributed by atoms with Gasteiger partial charge in [0.25, 0.3) is 5.91 Å². The molecule has 7 nitrogen and oxygen atoms in total. The molecule has 7 heteroatoms. The van der Waals surface area contributed by atoms with Crippen molar-refractivity contribution in [2.45, 2.75) is 6.92 Å². The molecule has 0 bridgehead atoms. The van der Waals surface area contributed by atoms with Gasteiger partial charge in [-0.1, -0.05) is 42.5 Å². The van der Waals surface area contributed by atoms with Crippen LogP contribution in [-0.4, -0.2) is 29.3 Å². The first-order chi connectivity index (χ1) is 14.5. The molecular weight excluding hydrogens is 382 g/mol. The van der Waals surface area contributed by atoms with Gasteiger partial charge in [0, 0.05) is 17.3 Å². The summed E-state index contributed by atoms with van der Waals surface area (Å²) < 4.78 is 5.74. The summed E-state index contributed by atoms with van der Waals surface area (Å²) in [5.41, 5.74) is 2.55. The highest BCUT2D eigenvalue weighted by atomic mass is 16.3. The Kier molecular flexibility index (Phi) is 5.17. The fraction of sp³-hybridized carbons (Fsp3) is 0.0870. The van der Waals surface area contributed by atoms with Crippen LogP contribution in [0.25, 0.3) is 17.4 Å². The third-order valence-corrected chi connectivity index (χ3v) is 4.54. The molecule has 4 amide bonds. The van der Waals surface area contributed by atoms with Crippen molar-refractivity contribution < 1.29 is 18.8 Å². The summed E-state index contributed by atoms with van der Waals surface area (Å²) in [4.78, 5) is 37.9. The second kappa shape index (κ2) is 8.08. The molecule has 1 aliphatic heterocycles. The summed E-state index contributed by atoms with van der Waals surface area (Å²) in [5.74, 6) is 0.0175. The molecule has 1 aliphatic rings. The van der Waals surface area contributed by atoms with E-state index in [0.717, 1.165) is 16.0 Å². The van der Waals surface area contributed by atoms with Gasteiger partial charge in [-0.25, -0.2) is 9.69 Å². The molecule has 1 saturated heterocycles. The van der Waals surface area contributed by atoms with E-state index >= 15 is 0 Å². The van der Waals surface area contributed by atoms with Crippen molar-refractivity contribution in [3.05, 3.63) is 83.8 Å². The zero-order valence-electron chi connectivity index (χ0n) is 16.2. The number of amides is 4. The lowest BCUT2D eigenvalue weighted by molar-refractivity contribution is -0.127. The molecule has 0 atom stereocenters. The highest BCUT2D eigenvalue weighted by Gasteiger charge is 2.35. The minimum Gasteiger partial charge on any atom is -0.457 e. The SMILES string of the molecule is Cc1cccc(NC(=O)CN2C(=O)NC(=Cc3ccc(-c4ccccc4)o3)C2=O)c1. The van der Waals surface area contributed by atoms with Crippen molar-refractivity contribution >= 4 is 29.6 Å². The highest BCUT2D eigenvalue weighted by Crippen LogP contribution is 2.24. The molecule has 0 radical (unpaired) electrons. The van der Waals surface area contributed by atoms with Crippen LogP contribution in [0.3, 0.4) is 0 Å².